The fourth-order valence-electron chi connectivity index (χ4n) is 5.51. The molecule has 1 aliphatic carbocycles. The van der Waals surface area contributed by atoms with Crippen molar-refractivity contribution >= 4 is 34.0 Å². The number of aromatic carboxylic acids is 1. The van der Waals surface area contributed by atoms with Crippen LogP contribution in [0.2, 0.25) is 0 Å². The highest BCUT2D eigenvalue weighted by molar-refractivity contribution is 5.99. The SMILES string of the molecule is O=C(O)c1cccc(Cn2cc(C=Nn3c(C4CCCCC4)nc4ccccc4c3=O)c3ccccc32)c1. The minimum atomic E-state index is -0.944. The first-order valence-corrected chi connectivity index (χ1v) is 13.0. The third kappa shape index (κ3) is 4.52. The molecule has 1 N–H and O–H groups in total. The van der Waals surface area contributed by atoms with Crippen molar-refractivity contribution in [2.45, 2.75) is 44.6 Å². The Labute approximate surface area is 219 Å². The van der Waals surface area contributed by atoms with Gasteiger partial charge in [-0.1, -0.05) is 61.7 Å². The van der Waals surface area contributed by atoms with E-state index in [1.807, 2.05) is 54.7 Å². The topological polar surface area (TPSA) is 89.5 Å². The zero-order valence-electron chi connectivity index (χ0n) is 21.0. The molecule has 7 heteroatoms. The predicted octanol–water partition coefficient (Wildman–Crippen LogP) is 6.03. The Kier molecular flexibility index (Phi) is 6.33. The molecule has 2 aromatic heterocycles. The Morgan fingerprint density at radius 2 is 1.74 bits per heavy atom. The summed E-state index contributed by atoms with van der Waals surface area (Å²) in [7, 11) is 0. The van der Waals surface area contributed by atoms with Crippen LogP contribution in [0, 0.1) is 0 Å². The highest BCUT2D eigenvalue weighted by Gasteiger charge is 2.22. The number of nitrogens with zero attached hydrogens (tertiary/aromatic N) is 4. The van der Waals surface area contributed by atoms with Crippen LogP contribution in [0.3, 0.4) is 0 Å². The molecular weight excluding hydrogens is 476 g/mol. The summed E-state index contributed by atoms with van der Waals surface area (Å²) in [5.41, 5.74) is 3.60. The maximum Gasteiger partial charge on any atom is 0.335 e. The van der Waals surface area contributed by atoms with Gasteiger partial charge in [0.2, 0.25) is 0 Å². The molecule has 0 spiro atoms. The quantitative estimate of drug-likeness (QED) is 0.286. The van der Waals surface area contributed by atoms with Crippen molar-refractivity contribution in [2.75, 3.05) is 0 Å². The number of aromatic nitrogens is 3. The highest BCUT2D eigenvalue weighted by Crippen LogP contribution is 2.32. The van der Waals surface area contributed by atoms with Gasteiger partial charge in [0.15, 0.2) is 0 Å². The van der Waals surface area contributed by atoms with E-state index in [2.05, 4.69) is 4.57 Å². The van der Waals surface area contributed by atoms with Crippen LogP contribution in [0.5, 0.6) is 0 Å². The van der Waals surface area contributed by atoms with Crippen LogP contribution >= 0.6 is 0 Å². The Balaban J connectivity index is 1.43. The lowest BCUT2D eigenvalue weighted by molar-refractivity contribution is 0.0696. The fourth-order valence-corrected chi connectivity index (χ4v) is 5.51. The summed E-state index contributed by atoms with van der Waals surface area (Å²) < 4.78 is 3.59. The lowest BCUT2D eigenvalue weighted by Gasteiger charge is -2.22. The van der Waals surface area contributed by atoms with E-state index in [-0.39, 0.29) is 17.0 Å². The van der Waals surface area contributed by atoms with E-state index < -0.39 is 5.97 Å². The predicted molar refractivity (Wildman–Crippen MR) is 149 cm³/mol. The maximum absolute atomic E-state index is 13.6. The molecular formula is C31H28N4O3. The second-order valence-corrected chi connectivity index (χ2v) is 9.92. The maximum atomic E-state index is 13.6. The van der Waals surface area contributed by atoms with Crippen molar-refractivity contribution in [3.05, 3.63) is 112 Å². The molecule has 0 radical (unpaired) electrons. The van der Waals surface area contributed by atoms with Gasteiger partial charge in [-0.3, -0.25) is 4.79 Å². The standard InChI is InChI=1S/C31H28N4O3/c36-30-26-14-4-6-15-27(26)33-29(22-10-2-1-3-11-22)35(30)32-18-24-20-34(28-16-7-5-13-25(24)28)19-21-9-8-12-23(17-21)31(37)38/h4-9,12-18,20,22H,1-3,10-11,19H2,(H,37,38). The van der Waals surface area contributed by atoms with Crippen molar-refractivity contribution in [3.8, 4) is 0 Å². The first-order valence-electron chi connectivity index (χ1n) is 13.0. The summed E-state index contributed by atoms with van der Waals surface area (Å²) in [4.78, 5) is 29.9. The average Bonchev–Trinajstić information content (AvgIpc) is 3.30. The van der Waals surface area contributed by atoms with E-state index >= 15 is 0 Å². The van der Waals surface area contributed by atoms with E-state index in [4.69, 9.17) is 10.1 Å². The minimum absolute atomic E-state index is 0.151. The average molecular weight is 505 g/mol. The lowest BCUT2D eigenvalue weighted by Crippen LogP contribution is -2.25. The smallest absolute Gasteiger partial charge is 0.335 e. The number of hydrogen-bond acceptors (Lipinski definition) is 4. The zero-order valence-corrected chi connectivity index (χ0v) is 21.0. The molecule has 0 amide bonds. The van der Waals surface area contributed by atoms with E-state index in [1.54, 1.807) is 30.5 Å². The molecule has 1 aliphatic rings. The number of fused-ring (bicyclic) bond motifs is 2. The van der Waals surface area contributed by atoms with Crippen LogP contribution < -0.4 is 5.56 Å². The molecule has 5 aromatic rings. The number of hydrogen-bond donors (Lipinski definition) is 1. The van der Waals surface area contributed by atoms with E-state index in [1.165, 1.54) is 11.1 Å². The Hall–Kier alpha value is -4.52. The monoisotopic (exact) mass is 504 g/mol. The van der Waals surface area contributed by atoms with Crippen molar-refractivity contribution in [2.24, 2.45) is 5.10 Å². The van der Waals surface area contributed by atoms with Gasteiger partial charge in [-0.25, -0.2) is 9.78 Å². The van der Waals surface area contributed by atoms with Gasteiger partial charge in [-0.15, -0.1) is 0 Å². The highest BCUT2D eigenvalue weighted by atomic mass is 16.4. The normalized spacial score (nSPS) is 14.5. The third-order valence-corrected chi connectivity index (χ3v) is 7.41. The van der Waals surface area contributed by atoms with Crippen molar-refractivity contribution in [1.29, 1.82) is 0 Å². The number of para-hydroxylation sites is 2. The molecule has 2 heterocycles. The molecule has 0 saturated heterocycles. The molecule has 38 heavy (non-hydrogen) atoms. The molecule has 1 saturated carbocycles. The molecule has 3 aromatic carbocycles. The minimum Gasteiger partial charge on any atom is -0.478 e. The summed E-state index contributed by atoms with van der Waals surface area (Å²) in [5.74, 6) is 0.000164. The number of rotatable bonds is 6. The number of benzene rings is 3. The van der Waals surface area contributed by atoms with Crippen LogP contribution in [-0.2, 0) is 6.54 Å². The van der Waals surface area contributed by atoms with Gasteiger partial charge < -0.3 is 9.67 Å². The Morgan fingerprint density at radius 3 is 2.55 bits per heavy atom. The van der Waals surface area contributed by atoms with Gasteiger partial charge in [-0.05, 0) is 48.7 Å². The second kappa shape index (κ2) is 10.1. The van der Waals surface area contributed by atoms with Gasteiger partial charge in [0.05, 0.1) is 22.7 Å². The van der Waals surface area contributed by atoms with Crippen LogP contribution in [0.25, 0.3) is 21.8 Å². The molecule has 0 atom stereocenters. The second-order valence-electron chi connectivity index (χ2n) is 9.92. The van der Waals surface area contributed by atoms with Crippen molar-refractivity contribution in [1.82, 2.24) is 14.2 Å². The van der Waals surface area contributed by atoms with Crippen LogP contribution in [0.4, 0.5) is 0 Å². The number of carboxylic acids is 1. The summed E-state index contributed by atoms with van der Waals surface area (Å²) in [6, 6.07) is 22.5. The summed E-state index contributed by atoms with van der Waals surface area (Å²) in [6.07, 6.45) is 9.25. The fraction of sp³-hybridized carbons (Fsp3) is 0.226. The summed E-state index contributed by atoms with van der Waals surface area (Å²) in [5, 5.41) is 15.7. The largest absolute Gasteiger partial charge is 0.478 e. The summed E-state index contributed by atoms with van der Waals surface area (Å²) >= 11 is 0. The molecule has 0 aliphatic heterocycles. The molecule has 6 rings (SSSR count). The molecule has 0 unspecified atom stereocenters. The van der Waals surface area contributed by atoms with Crippen molar-refractivity contribution in [3.63, 3.8) is 0 Å². The van der Waals surface area contributed by atoms with Crippen LogP contribution in [0.15, 0.2) is 88.9 Å². The van der Waals surface area contributed by atoms with Gasteiger partial charge in [-0.2, -0.15) is 9.78 Å². The number of carbonyl (C=O) groups is 1. The van der Waals surface area contributed by atoms with Gasteiger partial charge in [0.1, 0.15) is 5.82 Å². The van der Waals surface area contributed by atoms with Gasteiger partial charge >= 0.3 is 5.97 Å². The molecule has 1 fully saturated rings. The van der Waals surface area contributed by atoms with Gasteiger partial charge in [0.25, 0.3) is 5.56 Å². The van der Waals surface area contributed by atoms with Crippen molar-refractivity contribution < 1.29 is 9.90 Å². The number of carboxylic acid groups (broad SMARTS) is 1. The van der Waals surface area contributed by atoms with Crippen LogP contribution in [-0.4, -0.2) is 31.5 Å². The van der Waals surface area contributed by atoms with Gasteiger partial charge in [0, 0.05) is 35.1 Å². The Bertz CT molecular complexity index is 1740. The molecule has 190 valence electrons. The lowest BCUT2D eigenvalue weighted by atomic mass is 9.88. The first kappa shape index (κ1) is 23.9. The first-order chi connectivity index (χ1) is 18.6. The van der Waals surface area contributed by atoms with E-state index in [0.717, 1.165) is 53.5 Å². The third-order valence-electron chi connectivity index (χ3n) is 7.41. The molecule has 7 nitrogen and oxygen atoms in total. The van der Waals surface area contributed by atoms with Crippen LogP contribution in [0.1, 0.15) is 65.3 Å². The zero-order chi connectivity index (χ0) is 26.1. The van der Waals surface area contributed by atoms with E-state index in [0.29, 0.717) is 17.4 Å². The summed E-state index contributed by atoms with van der Waals surface area (Å²) in [6.45, 7) is 0.514. The molecule has 0 bridgehead atoms. The Morgan fingerprint density at radius 1 is 0.974 bits per heavy atom. The van der Waals surface area contributed by atoms with E-state index in [9.17, 15) is 14.7 Å².